The fourth-order valence-corrected chi connectivity index (χ4v) is 2.86. The van der Waals surface area contributed by atoms with Crippen LogP contribution in [0.3, 0.4) is 0 Å². The van der Waals surface area contributed by atoms with E-state index in [0.717, 1.165) is 13.0 Å². The topological polar surface area (TPSA) is 24.8 Å². The Morgan fingerprint density at radius 3 is 2.65 bits per heavy atom. The van der Waals surface area contributed by atoms with Crippen molar-refractivity contribution in [2.24, 2.45) is 10.9 Å². The van der Waals surface area contributed by atoms with Gasteiger partial charge in [0.1, 0.15) is 0 Å². The number of rotatable bonds is 5. The second kappa shape index (κ2) is 7.48. The van der Waals surface area contributed by atoms with Gasteiger partial charge in [0, 0.05) is 6.54 Å². The maximum Gasteiger partial charge on any atom is 0.0859 e. The summed E-state index contributed by atoms with van der Waals surface area (Å²) in [6.45, 7) is 14.7. The molecule has 0 unspecified atom stereocenters. The third kappa shape index (κ3) is 5.07. The second-order valence-corrected chi connectivity index (χ2v) is 7.86. The Labute approximate surface area is 141 Å². The van der Waals surface area contributed by atoms with Gasteiger partial charge in [-0.05, 0) is 51.2 Å². The highest BCUT2D eigenvalue weighted by atomic mass is 16.5. The number of fused-ring (bicyclic) bond motifs is 1. The molecule has 2 atom stereocenters. The number of hydrogen-bond acceptors (Lipinski definition) is 2. The minimum atomic E-state index is -0.111. The van der Waals surface area contributed by atoms with E-state index >= 15 is 0 Å². The van der Waals surface area contributed by atoms with Gasteiger partial charge in [-0.3, -0.25) is 4.99 Å². The van der Waals surface area contributed by atoms with Gasteiger partial charge in [-0.2, -0.15) is 0 Å². The molecule has 2 rings (SSSR count). The second-order valence-electron chi connectivity index (χ2n) is 7.86. The summed E-state index contributed by atoms with van der Waals surface area (Å²) in [5, 5.41) is 0. The molecular formula is C20H32N2O. The third-order valence-electron chi connectivity index (χ3n) is 4.51. The lowest BCUT2D eigenvalue weighted by Gasteiger charge is -2.34. The molecule has 0 amide bonds. The van der Waals surface area contributed by atoms with E-state index in [1.807, 2.05) is 0 Å². The van der Waals surface area contributed by atoms with E-state index in [-0.39, 0.29) is 11.6 Å². The maximum atomic E-state index is 5.94. The monoisotopic (exact) mass is 316 g/mol. The SMILES string of the molecule is CC(C)[C@@H](COC(C)(C)C)N=CN1CCc2ccccc2[C@H]1C. The van der Waals surface area contributed by atoms with Gasteiger partial charge in [0.15, 0.2) is 0 Å². The van der Waals surface area contributed by atoms with E-state index in [9.17, 15) is 0 Å². The zero-order valence-electron chi connectivity index (χ0n) is 15.5. The zero-order chi connectivity index (χ0) is 17.0. The minimum Gasteiger partial charge on any atom is -0.374 e. The van der Waals surface area contributed by atoms with E-state index < -0.39 is 0 Å². The molecule has 0 saturated carbocycles. The van der Waals surface area contributed by atoms with Crippen molar-refractivity contribution in [1.29, 1.82) is 0 Å². The normalized spacial score (nSPS) is 20.1. The van der Waals surface area contributed by atoms with Crippen LogP contribution in [0.1, 0.15) is 58.7 Å². The first-order chi connectivity index (χ1) is 10.8. The number of nitrogens with zero attached hydrogens (tertiary/aromatic N) is 2. The molecule has 0 aromatic heterocycles. The highest BCUT2D eigenvalue weighted by Gasteiger charge is 2.22. The van der Waals surface area contributed by atoms with Gasteiger partial charge in [-0.15, -0.1) is 0 Å². The van der Waals surface area contributed by atoms with Crippen molar-refractivity contribution >= 4 is 6.34 Å². The maximum absolute atomic E-state index is 5.94. The number of ether oxygens (including phenoxy) is 1. The molecule has 0 N–H and O–H groups in total. The molecule has 1 aliphatic heterocycles. The van der Waals surface area contributed by atoms with Crippen molar-refractivity contribution in [1.82, 2.24) is 4.90 Å². The van der Waals surface area contributed by atoms with E-state index in [1.165, 1.54) is 11.1 Å². The lowest BCUT2D eigenvalue weighted by atomic mass is 9.94. The summed E-state index contributed by atoms with van der Waals surface area (Å²) in [6.07, 6.45) is 3.15. The van der Waals surface area contributed by atoms with Gasteiger partial charge in [0.05, 0.1) is 30.6 Å². The van der Waals surface area contributed by atoms with Crippen molar-refractivity contribution in [3.63, 3.8) is 0 Å². The average molecular weight is 316 g/mol. The summed E-state index contributed by atoms with van der Waals surface area (Å²) >= 11 is 0. The predicted molar refractivity (Wildman–Crippen MR) is 98.1 cm³/mol. The summed E-state index contributed by atoms with van der Waals surface area (Å²) in [5.41, 5.74) is 2.79. The molecule has 0 spiro atoms. The Kier molecular flexibility index (Phi) is 5.85. The van der Waals surface area contributed by atoms with Crippen molar-refractivity contribution < 1.29 is 4.74 Å². The Morgan fingerprint density at radius 2 is 2.00 bits per heavy atom. The van der Waals surface area contributed by atoms with Crippen molar-refractivity contribution in [3.8, 4) is 0 Å². The van der Waals surface area contributed by atoms with Crippen LogP contribution in [0.25, 0.3) is 0 Å². The van der Waals surface area contributed by atoms with Crippen molar-refractivity contribution in [2.75, 3.05) is 13.2 Å². The first-order valence-electron chi connectivity index (χ1n) is 8.79. The first kappa shape index (κ1) is 18.0. The predicted octanol–water partition coefficient (Wildman–Crippen LogP) is 4.47. The van der Waals surface area contributed by atoms with Crippen LogP contribution in [0.4, 0.5) is 0 Å². The summed E-state index contributed by atoms with van der Waals surface area (Å²) in [6, 6.07) is 9.34. The van der Waals surface area contributed by atoms with Gasteiger partial charge in [0.25, 0.3) is 0 Å². The quantitative estimate of drug-likeness (QED) is 0.591. The smallest absolute Gasteiger partial charge is 0.0859 e. The number of aliphatic imine (C=N–C) groups is 1. The largest absolute Gasteiger partial charge is 0.374 e. The van der Waals surface area contributed by atoms with Crippen molar-refractivity contribution in [3.05, 3.63) is 35.4 Å². The fraction of sp³-hybridized carbons (Fsp3) is 0.650. The highest BCUT2D eigenvalue weighted by Crippen LogP contribution is 2.28. The molecule has 1 aromatic carbocycles. The molecule has 3 heteroatoms. The van der Waals surface area contributed by atoms with Crippen LogP contribution in [0.15, 0.2) is 29.3 Å². The molecule has 0 bridgehead atoms. The average Bonchev–Trinajstić information content (AvgIpc) is 2.48. The zero-order valence-corrected chi connectivity index (χ0v) is 15.5. The van der Waals surface area contributed by atoms with Gasteiger partial charge in [-0.25, -0.2) is 0 Å². The van der Waals surface area contributed by atoms with E-state index in [0.29, 0.717) is 18.6 Å². The lowest BCUT2D eigenvalue weighted by molar-refractivity contribution is -0.0145. The van der Waals surface area contributed by atoms with E-state index in [4.69, 9.17) is 9.73 Å². The minimum absolute atomic E-state index is 0.111. The van der Waals surface area contributed by atoms with Gasteiger partial charge in [0.2, 0.25) is 0 Å². The van der Waals surface area contributed by atoms with Crippen LogP contribution in [0.2, 0.25) is 0 Å². The van der Waals surface area contributed by atoms with Gasteiger partial charge in [-0.1, -0.05) is 38.1 Å². The summed E-state index contributed by atoms with van der Waals surface area (Å²) in [5.74, 6) is 0.473. The Balaban J connectivity index is 2.03. The molecule has 0 radical (unpaired) electrons. The standard InChI is InChI=1S/C20H32N2O/c1-15(2)19(13-23-20(4,5)6)21-14-22-12-11-17-9-7-8-10-18(17)16(22)3/h7-10,14-16,19H,11-13H2,1-6H3/t16-,19-/m1/s1. The summed E-state index contributed by atoms with van der Waals surface area (Å²) in [4.78, 5) is 7.21. The Bertz CT molecular complexity index is 531. The van der Waals surface area contributed by atoms with Crippen LogP contribution >= 0.6 is 0 Å². The molecule has 0 saturated heterocycles. The van der Waals surface area contributed by atoms with Crippen LogP contribution in [-0.4, -0.2) is 36.0 Å². The lowest BCUT2D eigenvalue weighted by Crippen LogP contribution is -2.34. The molecule has 1 aliphatic rings. The van der Waals surface area contributed by atoms with Crippen LogP contribution in [-0.2, 0) is 11.2 Å². The fourth-order valence-electron chi connectivity index (χ4n) is 2.86. The van der Waals surface area contributed by atoms with E-state index in [2.05, 4.69) is 77.0 Å². The molecule has 0 fully saturated rings. The Hall–Kier alpha value is -1.35. The summed E-state index contributed by atoms with van der Waals surface area (Å²) < 4.78 is 5.94. The van der Waals surface area contributed by atoms with E-state index in [1.54, 1.807) is 0 Å². The molecule has 128 valence electrons. The van der Waals surface area contributed by atoms with Gasteiger partial charge < -0.3 is 9.64 Å². The molecular weight excluding hydrogens is 284 g/mol. The van der Waals surface area contributed by atoms with Crippen LogP contribution < -0.4 is 0 Å². The van der Waals surface area contributed by atoms with Crippen molar-refractivity contribution in [2.45, 2.75) is 65.6 Å². The third-order valence-corrected chi connectivity index (χ3v) is 4.51. The molecule has 3 nitrogen and oxygen atoms in total. The molecule has 1 heterocycles. The summed E-state index contributed by atoms with van der Waals surface area (Å²) in [7, 11) is 0. The highest BCUT2D eigenvalue weighted by molar-refractivity contribution is 5.57. The molecule has 23 heavy (non-hydrogen) atoms. The van der Waals surface area contributed by atoms with Crippen LogP contribution in [0, 0.1) is 5.92 Å². The van der Waals surface area contributed by atoms with Crippen LogP contribution in [0.5, 0.6) is 0 Å². The Morgan fingerprint density at radius 1 is 1.30 bits per heavy atom. The molecule has 1 aromatic rings. The van der Waals surface area contributed by atoms with Gasteiger partial charge >= 0.3 is 0 Å². The number of hydrogen-bond donors (Lipinski definition) is 0. The first-order valence-corrected chi connectivity index (χ1v) is 8.79. The molecule has 0 aliphatic carbocycles. The number of benzene rings is 1.